The number of aliphatic hydroxyl groups excluding tert-OH is 1. The van der Waals surface area contributed by atoms with Crippen LogP contribution in [-0.4, -0.2) is 17.2 Å². The number of benzene rings is 1. The maximum atomic E-state index is 13.7. The minimum Gasteiger partial charge on any atom is -0.460 e. The van der Waals surface area contributed by atoms with E-state index >= 15 is 0 Å². The maximum absolute atomic E-state index is 13.7. The van der Waals surface area contributed by atoms with Crippen LogP contribution in [0, 0.1) is 51.2 Å². The van der Waals surface area contributed by atoms with Gasteiger partial charge < -0.3 is 9.84 Å². The Morgan fingerprint density at radius 1 is 0.833 bits per heavy atom. The largest absolute Gasteiger partial charge is 0.460 e. The summed E-state index contributed by atoms with van der Waals surface area (Å²) >= 11 is 0. The Balaban J connectivity index is 1.24. The predicted octanol–water partition coefficient (Wildman–Crippen LogP) is 7.56. The molecule has 3 nitrogen and oxygen atoms in total. The molecular weight excluding hydrogens is 444 g/mol. The molecule has 0 spiro atoms. The van der Waals surface area contributed by atoms with E-state index < -0.39 is 0 Å². The van der Waals surface area contributed by atoms with Crippen molar-refractivity contribution in [3.05, 3.63) is 35.9 Å². The molecule has 1 N–H and O–H groups in total. The van der Waals surface area contributed by atoms with Crippen LogP contribution in [0.2, 0.25) is 0 Å². The third-order valence-corrected chi connectivity index (χ3v) is 13.1. The summed E-state index contributed by atoms with van der Waals surface area (Å²) in [5.74, 6) is 3.38. The Morgan fingerprint density at radius 3 is 2.36 bits per heavy atom. The van der Waals surface area contributed by atoms with Crippen LogP contribution in [0.5, 0.6) is 0 Å². The first-order valence-electron chi connectivity index (χ1n) is 15.0. The lowest BCUT2D eigenvalue weighted by Crippen LogP contribution is -2.63. The third kappa shape index (κ3) is 3.43. The van der Waals surface area contributed by atoms with Gasteiger partial charge in [0.1, 0.15) is 6.61 Å². The number of carbonyl (C=O) groups excluding carboxylic acids is 1. The van der Waals surface area contributed by atoms with Gasteiger partial charge in [-0.2, -0.15) is 0 Å². The second-order valence-electron chi connectivity index (χ2n) is 14.6. The van der Waals surface area contributed by atoms with Crippen LogP contribution in [0.3, 0.4) is 0 Å². The van der Waals surface area contributed by atoms with E-state index in [1.807, 2.05) is 18.2 Å². The van der Waals surface area contributed by atoms with Gasteiger partial charge in [0, 0.05) is 0 Å². The summed E-state index contributed by atoms with van der Waals surface area (Å²) in [6, 6.07) is 10.2. The molecule has 5 aliphatic rings. The molecule has 5 unspecified atom stereocenters. The van der Waals surface area contributed by atoms with Gasteiger partial charge in [0.05, 0.1) is 11.5 Å². The molecule has 1 aromatic carbocycles. The number of ether oxygens (including phenoxy) is 1. The molecule has 0 heterocycles. The number of carbonyl (C=O) groups is 1. The van der Waals surface area contributed by atoms with E-state index in [4.69, 9.17) is 4.74 Å². The number of esters is 1. The summed E-state index contributed by atoms with van der Waals surface area (Å²) < 4.78 is 6.04. The molecule has 0 bridgehead atoms. The van der Waals surface area contributed by atoms with Crippen molar-refractivity contribution in [1.29, 1.82) is 0 Å². The fraction of sp³-hybridized carbons (Fsp3) is 0.788. The molecular formula is C33H48O3. The van der Waals surface area contributed by atoms with E-state index in [0.717, 1.165) is 36.7 Å². The summed E-state index contributed by atoms with van der Waals surface area (Å²) in [6.45, 7) is 10.3. The van der Waals surface area contributed by atoms with Crippen molar-refractivity contribution in [2.24, 2.45) is 51.2 Å². The lowest BCUT2D eigenvalue weighted by molar-refractivity contribution is -0.217. The van der Waals surface area contributed by atoms with Crippen LogP contribution in [0.1, 0.15) is 104 Å². The Hall–Kier alpha value is -1.35. The van der Waals surface area contributed by atoms with Crippen molar-refractivity contribution in [2.45, 2.75) is 111 Å². The summed E-state index contributed by atoms with van der Waals surface area (Å²) in [5, 5.41) is 10.9. The smallest absolute Gasteiger partial charge is 0.312 e. The minimum absolute atomic E-state index is 0.0147. The van der Waals surface area contributed by atoms with E-state index in [1.54, 1.807) is 0 Å². The number of aliphatic hydroxyl groups is 1. The van der Waals surface area contributed by atoms with Crippen LogP contribution in [0.4, 0.5) is 0 Å². The normalized spacial score (nSPS) is 47.1. The first kappa shape index (κ1) is 25.0. The Bertz CT molecular complexity index is 986. The highest BCUT2D eigenvalue weighted by atomic mass is 16.5. The van der Waals surface area contributed by atoms with E-state index in [9.17, 15) is 9.90 Å². The summed E-state index contributed by atoms with van der Waals surface area (Å²) in [7, 11) is 0. The fourth-order valence-electron chi connectivity index (χ4n) is 11.4. The highest BCUT2D eigenvalue weighted by Crippen LogP contribution is 2.73. The van der Waals surface area contributed by atoms with Gasteiger partial charge in [0.25, 0.3) is 0 Å². The maximum Gasteiger partial charge on any atom is 0.312 e. The molecule has 0 amide bonds. The number of hydrogen-bond donors (Lipinski definition) is 1. The van der Waals surface area contributed by atoms with Gasteiger partial charge >= 0.3 is 5.97 Å². The highest BCUT2D eigenvalue weighted by molar-refractivity contribution is 5.78. The second kappa shape index (κ2) is 8.58. The monoisotopic (exact) mass is 492 g/mol. The molecule has 198 valence electrons. The summed E-state index contributed by atoms with van der Waals surface area (Å²) in [4.78, 5) is 13.7. The molecule has 5 saturated carbocycles. The Kier molecular flexibility index (Phi) is 5.95. The third-order valence-electron chi connectivity index (χ3n) is 13.1. The molecule has 9 atom stereocenters. The van der Waals surface area contributed by atoms with Crippen LogP contribution in [-0.2, 0) is 16.1 Å². The fourth-order valence-corrected chi connectivity index (χ4v) is 11.4. The van der Waals surface area contributed by atoms with Crippen LogP contribution in [0.15, 0.2) is 30.3 Å². The first-order chi connectivity index (χ1) is 17.1. The molecule has 5 aliphatic carbocycles. The summed E-state index contributed by atoms with van der Waals surface area (Å²) in [6.07, 6.45) is 12.8. The SMILES string of the molecule is CC1(C)C2CC[C@@]3(C)C4CC[C@@]5(C(=O)OCc6ccccc6)CCCC5C4CCC3[C@@]2(C)CC[C@@H]1O. The zero-order valence-electron chi connectivity index (χ0n) is 23.1. The average molecular weight is 493 g/mol. The van der Waals surface area contributed by atoms with Crippen molar-refractivity contribution >= 4 is 5.97 Å². The van der Waals surface area contributed by atoms with Crippen molar-refractivity contribution in [2.75, 3.05) is 0 Å². The van der Waals surface area contributed by atoms with Gasteiger partial charge in [-0.3, -0.25) is 4.79 Å². The van der Waals surface area contributed by atoms with Gasteiger partial charge in [0.2, 0.25) is 0 Å². The quantitative estimate of drug-likeness (QED) is 0.443. The molecule has 0 aliphatic heterocycles. The number of rotatable bonds is 3. The van der Waals surface area contributed by atoms with E-state index in [1.165, 1.54) is 51.4 Å². The molecule has 6 rings (SSSR count). The first-order valence-corrected chi connectivity index (χ1v) is 15.0. The van der Waals surface area contributed by atoms with Gasteiger partial charge in [-0.15, -0.1) is 0 Å². The van der Waals surface area contributed by atoms with Crippen molar-refractivity contribution in [3.8, 4) is 0 Å². The van der Waals surface area contributed by atoms with Gasteiger partial charge in [0.15, 0.2) is 0 Å². The van der Waals surface area contributed by atoms with Crippen molar-refractivity contribution < 1.29 is 14.6 Å². The zero-order valence-corrected chi connectivity index (χ0v) is 23.1. The van der Waals surface area contributed by atoms with Crippen LogP contribution < -0.4 is 0 Å². The van der Waals surface area contributed by atoms with E-state index in [-0.39, 0.29) is 22.9 Å². The Morgan fingerprint density at radius 2 is 1.58 bits per heavy atom. The van der Waals surface area contributed by atoms with E-state index in [0.29, 0.717) is 35.2 Å². The lowest BCUT2D eigenvalue weighted by Gasteiger charge is -2.69. The Labute approximate surface area is 218 Å². The van der Waals surface area contributed by atoms with Gasteiger partial charge in [-0.1, -0.05) is 64.4 Å². The number of fused-ring (bicyclic) bond motifs is 7. The zero-order chi connectivity index (χ0) is 25.3. The lowest BCUT2D eigenvalue weighted by atomic mass is 9.36. The average Bonchev–Trinajstić information content (AvgIpc) is 3.31. The van der Waals surface area contributed by atoms with E-state index in [2.05, 4.69) is 39.8 Å². The van der Waals surface area contributed by atoms with Crippen LogP contribution in [0.25, 0.3) is 0 Å². The van der Waals surface area contributed by atoms with Gasteiger partial charge in [-0.25, -0.2) is 0 Å². The molecule has 5 fully saturated rings. The molecule has 3 heteroatoms. The predicted molar refractivity (Wildman–Crippen MR) is 143 cm³/mol. The molecule has 0 radical (unpaired) electrons. The minimum atomic E-state index is -0.239. The molecule has 36 heavy (non-hydrogen) atoms. The van der Waals surface area contributed by atoms with Crippen molar-refractivity contribution in [3.63, 3.8) is 0 Å². The highest BCUT2D eigenvalue weighted by Gasteiger charge is 2.67. The molecule has 0 aromatic heterocycles. The molecule has 0 saturated heterocycles. The topological polar surface area (TPSA) is 46.5 Å². The molecule has 1 aromatic rings. The number of hydrogen-bond acceptors (Lipinski definition) is 3. The summed E-state index contributed by atoms with van der Waals surface area (Å²) in [5.41, 5.74) is 1.57. The van der Waals surface area contributed by atoms with Crippen molar-refractivity contribution in [1.82, 2.24) is 0 Å². The second-order valence-corrected chi connectivity index (χ2v) is 14.6. The standard InChI is InChI=1S/C33H48O3/c1-30(2)26-15-18-31(3)24-14-20-33(29(35)36-21-22-9-6-5-7-10-22)17-8-11-25(33)23(24)12-13-27(31)32(26,4)19-16-28(30)34/h5-7,9-10,23-28,34H,8,11-21H2,1-4H3/t23?,24?,25?,26?,27?,28-,31-,32-,33-/m0/s1. The van der Waals surface area contributed by atoms with Gasteiger partial charge in [-0.05, 0) is 116 Å². The van der Waals surface area contributed by atoms with Crippen LogP contribution >= 0.6 is 0 Å².